The van der Waals surface area contributed by atoms with E-state index >= 15 is 0 Å². The van der Waals surface area contributed by atoms with Crippen molar-refractivity contribution in [3.8, 4) is 0 Å². The molecule has 0 saturated carbocycles. The number of hydrazine groups is 1. The molecule has 3 N–H and O–H groups in total. The maximum atomic E-state index is 5.42. The summed E-state index contributed by atoms with van der Waals surface area (Å²) < 4.78 is 1.67. The second kappa shape index (κ2) is 2.76. The van der Waals surface area contributed by atoms with Crippen LogP contribution < -0.4 is 11.3 Å². The lowest BCUT2D eigenvalue weighted by Gasteiger charge is -2.15. The van der Waals surface area contributed by atoms with Gasteiger partial charge in [-0.15, -0.1) is 5.10 Å². The number of aromatic nitrogens is 3. The highest BCUT2D eigenvalue weighted by Crippen LogP contribution is 2.44. The number of rotatable bonds is 1. The number of imidazole rings is 1. The molecule has 7 nitrogen and oxygen atoms in total. The fraction of sp³-hybridized carbons (Fsp3) is 0.333. The monoisotopic (exact) mass is 217 g/mol. The predicted octanol–water partition coefficient (Wildman–Crippen LogP) is 1.35. The van der Waals surface area contributed by atoms with Crippen molar-refractivity contribution in [1.82, 2.24) is 14.6 Å². The van der Waals surface area contributed by atoms with Crippen LogP contribution in [-0.4, -0.2) is 14.6 Å². The van der Waals surface area contributed by atoms with Crippen LogP contribution in [0.3, 0.4) is 0 Å². The van der Waals surface area contributed by atoms with Crippen LogP contribution in [0.25, 0.3) is 5.65 Å². The number of nitrogen functional groups attached to an aromatic ring is 1. The fourth-order valence-corrected chi connectivity index (χ4v) is 1.92. The molecule has 1 aliphatic rings. The minimum atomic E-state index is -0.392. The molecule has 0 bridgehead atoms. The molecule has 0 radical (unpaired) electrons. The Morgan fingerprint density at radius 1 is 1.44 bits per heavy atom. The average Bonchev–Trinajstić information content (AvgIpc) is 2.81. The van der Waals surface area contributed by atoms with E-state index in [-0.39, 0.29) is 0 Å². The Morgan fingerprint density at radius 2 is 2.25 bits per heavy atom. The van der Waals surface area contributed by atoms with E-state index in [1.807, 2.05) is 13.8 Å². The number of anilines is 1. The third-order valence-corrected chi connectivity index (χ3v) is 2.66. The summed E-state index contributed by atoms with van der Waals surface area (Å²) in [4.78, 5) is 4.27. The molecule has 1 aliphatic heterocycles. The second-order valence-corrected chi connectivity index (χ2v) is 4.17. The van der Waals surface area contributed by atoms with Crippen molar-refractivity contribution in [3.05, 3.63) is 18.0 Å². The van der Waals surface area contributed by atoms with E-state index < -0.39 is 5.54 Å². The van der Waals surface area contributed by atoms with Gasteiger partial charge in [-0.25, -0.2) is 15.3 Å². The van der Waals surface area contributed by atoms with Gasteiger partial charge in [-0.05, 0) is 13.8 Å². The van der Waals surface area contributed by atoms with Gasteiger partial charge in [0.05, 0.1) is 5.56 Å². The van der Waals surface area contributed by atoms with E-state index in [9.17, 15) is 0 Å². The Bertz CT molecular complexity index is 595. The predicted molar refractivity (Wildman–Crippen MR) is 58.3 cm³/mol. The van der Waals surface area contributed by atoms with Crippen LogP contribution >= 0.6 is 0 Å². The summed E-state index contributed by atoms with van der Waals surface area (Å²) in [6, 6.07) is 0. The van der Waals surface area contributed by atoms with Crippen LogP contribution in [0.1, 0.15) is 19.4 Å². The van der Waals surface area contributed by atoms with Gasteiger partial charge >= 0.3 is 0 Å². The molecule has 0 saturated heterocycles. The molecule has 0 fully saturated rings. The van der Waals surface area contributed by atoms with Gasteiger partial charge in [-0.3, -0.25) is 0 Å². The number of hydrogen-bond acceptors (Lipinski definition) is 6. The molecule has 2 aromatic rings. The Hall–Kier alpha value is -2.02. The molecule has 2 aromatic heterocycles. The SMILES string of the molecule is CC1(C)N=Nc2c(NN)nn3ccnc3c21. The summed E-state index contributed by atoms with van der Waals surface area (Å²) in [5, 5.41) is 12.6. The van der Waals surface area contributed by atoms with Crippen LogP contribution in [0.5, 0.6) is 0 Å². The van der Waals surface area contributed by atoms with Gasteiger partial charge in [0.2, 0.25) is 0 Å². The lowest BCUT2D eigenvalue weighted by atomic mass is 9.96. The quantitative estimate of drug-likeness (QED) is 0.557. The average molecular weight is 217 g/mol. The number of azo groups is 1. The summed E-state index contributed by atoms with van der Waals surface area (Å²) in [6.07, 6.45) is 3.46. The van der Waals surface area contributed by atoms with Gasteiger partial charge in [0.25, 0.3) is 0 Å². The molecule has 0 aromatic carbocycles. The molecular formula is C9H11N7. The van der Waals surface area contributed by atoms with E-state index in [2.05, 4.69) is 25.7 Å². The summed E-state index contributed by atoms with van der Waals surface area (Å²) in [6.45, 7) is 3.97. The Kier molecular flexibility index (Phi) is 1.59. The number of nitrogens with zero attached hydrogens (tertiary/aromatic N) is 5. The zero-order chi connectivity index (χ0) is 11.3. The molecule has 16 heavy (non-hydrogen) atoms. The largest absolute Gasteiger partial charge is 0.305 e. The molecule has 0 unspecified atom stereocenters. The molecule has 0 aliphatic carbocycles. The smallest absolute Gasteiger partial charge is 0.189 e. The van der Waals surface area contributed by atoms with E-state index in [0.29, 0.717) is 11.5 Å². The first-order valence-electron chi connectivity index (χ1n) is 4.91. The van der Waals surface area contributed by atoms with Crippen molar-refractivity contribution < 1.29 is 0 Å². The van der Waals surface area contributed by atoms with Crippen LogP contribution in [0.4, 0.5) is 11.5 Å². The van der Waals surface area contributed by atoms with Crippen molar-refractivity contribution >= 4 is 17.2 Å². The summed E-state index contributed by atoms with van der Waals surface area (Å²) in [7, 11) is 0. The van der Waals surface area contributed by atoms with Gasteiger partial charge in [0, 0.05) is 12.4 Å². The number of fused-ring (bicyclic) bond motifs is 3. The van der Waals surface area contributed by atoms with Gasteiger partial charge < -0.3 is 5.43 Å². The third-order valence-electron chi connectivity index (χ3n) is 2.66. The minimum Gasteiger partial charge on any atom is -0.305 e. The molecule has 7 heteroatoms. The minimum absolute atomic E-state index is 0.392. The zero-order valence-corrected chi connectivity index (χ0v) is 8.97. The van der Waals surface area contributed by atoms with Gasteiger partial charge in [-0.2, -0.15) is 10.2 Å². The van der Waals surface area contributed by atoms with Crippen LogP contribution in [0, 0.1) is 0 Å². The van der Waals surface area contributed by atoms with Gasteiger partial charge in [-0.1, -0.05) is 0 Å². The van der Waals surface area contributed by atoms with Gasteiger partial charge in [0.15, 0.2) is 11.5 Å². The Labute approximate surface area is 91.4 Å². The lowest BCUT2D eigenvalue weighted by molar-refractivity contribution is 0.556. The van der Waals surface area contributed by atoms with E-state index in [1.54, 1.807) is 16.9 Å². The molecule has 3 heterocycles. The second-order valence-electron chi connectivity index (χ2n) is 4.17. The zero-order valence-electron chi connectivity index (χ0n) is 8.97. The third kappa shape index (κ3) is 1.00. The first-order valence-corrected chi connectivity index (χ1v) is 4.91. The van der Waals surface area contributed by atoms with E-state index in [0.717, 1.165) is 11.2 Å². The molecular weight excluding hydrogens is 206 g/mol. The highest BCUT2D eigenvalue weighted by Gasteiger charge is 2.34. The molecule has 3 rings (SSSR count). The standard InChI is InChI=1S/C9H11N7/c1-9(2)5-6(13-15-9)7(12-10)14-16-4-3-11-8(5)16/h3-4H,10H2,1-2H3,(H,12,14). The van der Waals surface area contributed by atoms with Crippen molar-refractivity contribution in [2.45, 2.75) is 19.4 Å². The topological polar surface area (TPSA) is 93.0 Å². The fourth-order valence-electron chi connectivity index (χ4n) is 1.92. The number of nitrogens with two attached hydrogens (primary N) is 1. The Balaban J connectivity index is 2.46. The summed E-state index contributed by atoms with van der Waals surface area (Å²) in [5.74, 6) is 5.93. The molecule has 0 spiro atoms. The van der Waals surface area contributed by atoms with Crippen molar-refractivity contribution in [2.24, 2.45) is 16.1 Å². The van der Waals surface area contributed by atoms with Crippen molar-refractivity contribution in [1.29, 1.82) is 0 Å². The van der Waals surface area contributed by atoms with Crippen LogP contribution in [0.2, 0.25) is 0 Å². The van der Waals surface area contributed by atoms with E-state index in [4.69, 9.17) is 5.84 Å². The summed E-state index contributed by atoms with van der Waals surface area (Å²) in [5.41, 5.74) is 4.53. The normalized spacial score (nSPS) is 16.7. The first kappa shape index (κ1) is 9.22. The maximum absolute atomic E-state index is 5.42. The maximum Gasteiger partial charge on any atom is 0.189 e. The van der Waals surface area contributed by atoms with E-state index in [1.165, 1.54) is 0 Å². The first-order chi connectivity index (χ1) is 7.63. The molecule has 82 valence electrons. The molecule has 0 amide bonds. The van der Waals surface area contributed by atoms with Crippen molar-refractivity contribution in [2.75, 3.05) is 5.43 Å². The highest BCUT2D eigenvalue weighted by molar-refractivity contribution is 5.74. The van der Waals surface area contributed by atoms with Crippen LogP contribution in [-0.2, 0) is 5.54 Å². The van der Waals surface area contributed by atoms with Crippen LogP contribution in [0.15, 0.2) is 22.6 Å². The molecule has 0 atom stereocenters. The van der Waals surface area contributed by atoms with Gasteiger partial charge in [0.1, 0.15) is 11.2 Å². The van der Waals surface area contributed by atoms with Crippen molar-refractivity contribution in [3.63, 3.8) is 0 Å². The number of nitrogens with one attached hydrogen (secondary N) is 1. The number of hydrogen-bond donors (Lipinski definition) is 2. The lowest BCUT2D eigenvalue weighted by Crippen LogP contribution is -2.16. The highest BCUT2D eigenvalue weighted by atomic mass is 15.4. The summed E-state index contributed by atoms with van der Waals surface area (Å²) >= 11 is 0. The Morgan fingerprint density at radius 3 is 3.00 bits per heavy atom.